The molecule has 3 rings (SSSR count). The Hall–Kier alpha value is -2.21. The third-order valence-electron chi connectivity index (χ3n) is 4.48. The summed E-state index contributed by atoms with van der Waals surface area (Å²) in [5, 5.41) is 0.578. The van der Waals surface area contributed by atoms with E-state index in [1.54, 1.807) is 24.3 Å². The van der Waals surface area contributed by atoms with Crippen molar-refractivity contribution in [3.05, 3.63) is 35.4 Å². The lowest BCUT2D eigenvalue weighted by Crippen LogP contribution is -2.42. The Morgan fingerprint density at radius 1 is 1.22 bits per heavy atom. The van der Waals surface area contributed by atoms with E-state index in [4.69, 9.17) is 4.84 Å². The summed E-state index contributed by atoms with van der Waals surface area (Å²) < 4.78 is 0. The summed E-state index contributed by atoms with van der Waals surface area (Å²) >= 11 is 0. The molecule has 2 amide bonds. The number of imide groups is 1. The van der Waals surface area contributed by atoms with Crippen LogP contribution in [0.25, 0.3) is 0 Å². The monoisotopic (exact) mass is 316 g/mol. The Morgan fingerprint density at radius 3 is 2.48 bits per heavy atom. The van der Waals surface area contributed by atoms with Gasteiger partial charge in [-0.1, -0.05) is 30.5 Å². The highest BCUT2D eigenvalue weighted by molar-refractivity contribution is 6.20. The van der Waals surface area contributed by atoms with Crippen LogP contribution in [0.1, 0.15) is 46.9 Å². The first-order valence-corrected chi connectivity index (χ1v) is 8.01. The molecule has 0 aliphatic carbocycles. The maximum absolute atomic E-state index is 12.1. The third kappa shape index (κ3) is 3.12. The van der Waals surface area contributed by atoms with Crippen LogP contribution >= 0.6 is 0 Å². The van der Waals surface area contributed by atoms with Crippen molar-refractivity contribution in [2.75, 3.05) is 19.6 Å². The van der Waals surface area contributed by atoms with Gasteiger partial charge < -0.3 is 4.84 Å². The lowest BCUT2D eigenvalue weighted by atomic mass is 9.96. The van der Waals surface area contributed by atoms with Crippen LogP contribution in [0.3, 0.4) is 0 Å². The van der Waals surface area contributed by atoms with E-state index in [-0.39, 0.29) is 17.7 Å². The zero-order valence-corrected chi connectivity index (χ0v) is 13.2. The molecule has 2 heterocycles. The van der Waals surface area contributed by atoms with Crippen molar-refractivity contribution in [3.63, 3.8) is 0 Å². The first-order chi connectivity index (χ1) is 11.1. The largest absolute Gasteiger partial charge is 0.347 e. The zero-order chi connectivity index (χ0) is 16.4. The number of carbonyl (C=O) groups is 3. The van der Waals surface area contributed by atoms with Gasteiger partial charge in [-0.2, -0.15) is 0 Å². The van der Waals surface area contributed by atoms with Crippen LogP contribution in [-0.2, 0) is 9.63 Å². The van der Waals surface area contributed by atoms with Gasteiger partial charge in [-0.3, -0.25) is 14.5 Å². The molecule has 0 saturated carbocycles. The summed E-state index contributed by atoms with van der Waals surface area (Å²) in [7, 11) is 0. The maximum Gasteiger partial charge on any atom is 0.347 e. The van der Waals surface area contributed by atoms with Gasteiger partial charge in [0.1, 0.15) is 0 Å². The van der Waals surface area contributed by atoms with Gasteiger partial charge in [0.2, 0.25) is 0 Å². The molecular formula is C17H20N2O4. The van der Waals surface area contributed by atoms with E-state index in [9.17, 15) is 14.4 Å². The fourth-order valence-corrected chi connectivity index (χ4v) is 3.19. The van der Waals surface area contributed by atoms with Gasteiger partial charge in [0, 0.05) is 6.54 Å². The minimum atomic E-state index is -0.580. The Bertz CT molecular complexity index is 608. The minimum absolute atomic E-state index is 0.101. The highest BCUT2D eigenvalue weighted by atomic mass is 16.7. The molecule has 1 saturated heterocycles. The molecule has 0 N–H and O–H groups in total. The number of hydrogen-bond donors (Lipinski definition) is 0. The number of carbonyl (C=O) groups excluding carboxylic acids is 3. The molecule has 2 aliphatic heterocycles. The van der Waals surface area contributed by atoms with Crippen molar-refractivity contribution >= 4 is 17.8 Å². The number of amides is 2. The van der Waals surface area contributed by atoms with Crippen molar-refractivity contribution in [1.29, 1.82) is 0 Å². The average Bonchev–Trinajstić information content (AvgIpc) is 2.80. The molecule has 2 aliphatic rings. The number of hydrogen-bond acceptors (Lipinski definition) is 5. The van der Waals surface area contributed by atoms with Gasteiger partial charge in [0.05, 0.1) is 17.7 Å². The SMILES string of the molecule is CCC1CCCN(CC(=O)ON2C(=O)c3ccccc3C2=O)C1. The van der Waals surface area contributed by atoms with Crippen molar-refractivity contribution in [2.45, 2.75) is 26.2 Å². The highest BCUT2D eigenvalue weighted by Crippen LogP contribution is 2.23. The summed E-state index contributed by atoms with van der Waals surface area (Å²) in [5.41, 5.74) is 0.545. The van der Waals surface area contributed by atoms with Gasteiger partial charge >= 0.3 is 5.97 Å². The van der Waals surface area contributed by atoms with E-state index >= 15 is 0 Å². The lowest BCUT2D eigenvalue weighted by molar-refractivity contribution is -0.170. The fraction of sp³-hybridized carbons (Fsp3) is 0.471. The molecule has 1 aromatic rings. The number of hydroxylamine groups is 2. The lowest BCUT2D eigenvalue weighted by Gasteiger charge is -2.31. The van der Waals surface area contributed by atoms with E-state index in [0.29, 0.717) is 11.0 Å². The van der Waals surface area contributed by atoms with Crippen molar-refractivity contribution in [2.24, 2.45) is 5.92 Å². The number of piperidine rings is 1. The molecule has 0 aromatic heterocycles. The first-order valence-electron chi connectivity index (χ1n) is 8.01. The standard InChI is InChI=1S/C17H20N2O4/c1-2-12-6-5-9-18(10-12)11-15(20)23-19-16(21)13-7-3-4-8-14(13)17(19)22/h3-4,7-8,12H,2,5-6,9-11H2,1H3. The topological polar surface area (TPSA) is 66.9 Å². The second-order valence-corrected chi connectivity index (χ2v) is 6.07. The van der Waals surface area contributed by atoms with Crippen LogP contribution in [0.5, 0.6) is 0 Å². The van der Waals surface area contributed by atoms with Gasteiger partial charge in [0.15, 0.2) is 0 Å². The van der Waals surface area contributed by atoms with Crippen LogP contribution in [0.2, 0.25) is 0 Å². The highest BCUT2D eigenvalue weighted by Gasteiger charge is 2.38. The quantitative estimate of drug-likeness (QED) is 0.793. The van der Waals surface area contributed by atoms with Crippen LogP contribution in [-0.4, -0.2) is 47.4 Å². The normalized spacial score (nSPS) is 21.4. The Kier molecular flexibility index (Phi) is 4.43. The van der Waals surface area contributed by atoms with Crippen LogP contribution in [0.4, 0.5) is 0 Å². The molecule has 1 fully saturated rings. The number of likely N-dealkylation sites (tertiary alicyclic amines) is 1. The molecule has 0 spiro atoms. The Balaban J connectivity index is 1.61. The summed E-state index contributed by atoms with van der Waals surface area (Å²) in [4.78, 5) is 43.5. The van der Waals surface area contributed by atoms with Gasteiger partial charge in [-0.25, -0.2) is 4.79 Å². The summed E-state index contributed by atoms with van der Waals surface area (Å²) in [5.74, 6) is -1.14. The molecule has 6 heteroatoms. The molecule has 6 nitrogen and oxygen atoms in total. The van der Waals surface area contributed by atoms with E-state index in [1.165, 1.54) is 6.42 Å². The molecular weight excluding hydrogens is 296 g/mol. The summed E-state index contributed by atoms with van der Waals surface area (Å²) in [6.07, 6.45) is 3.32. The molecule has 1 aromatic carbocycles. The first kappa shape index (κ1) is 15.7. The Morgan fingerprint density at radius 2 is 1.87 bits per heavy atom. The second kappa shape index (κ2) is 6.50. The van der Waals surface area contributed by atoms with E-state index in [2.05, 4.69) is 6.92 Å². The summed E-state index contributed by atoms with van der Waals surface area (Å²) in [6.45, 7) is 3.94. The number of benzene rings is 1. The molecule has 0 radical (unpaired) electrons. The zero-order valence-electron chi connectivity index (χ0n) is 13.2. The predicted octanol–water partition coefficient (Wildman–Crippen LogP) is 1.86. The van der Waals surface area contributed by atoms with Crippen molar-refractivity contribution in [3.8, 4) is 0 Å². The van der Waals surface area contributed by atoms with E-state index in [0.717, 1.165) is 25.9 Å². The average molecular weight is 316 g/mol. The van der Waals surface area contributed by atoms with Crippen LogP contribution in [0, 0.1) is 5.92 Å². The summed E-state index contributed by atoms with van der Waals surface area (Å²) in [6, 6.07) is 6.46. The van der Waals surface area contributed by atoms with Crippen LogP contribution < -0.4 is 0 Å². The molecule has 122 valence electrons. The third-order valence-corrected chi connectivity index (χ3v) is 4.48. The second-order valence-electron chi connectivity index (χ2n) is 6.07. The minimum Gasteiger partial charge on any atom is -0.328 e. The Labute approximate surface area is 135 Å². The van der Waals surface area contributed by atoms with Crippen molar-refractivity contribution < 1.29 is 19.2 Å². The number of fused-ring (bicyclic) bond motifs is 1. The van der Waals surface area contributed by atoms with Gasteiger partial charge in [-0.15, -0.1) is 0 Å². The maximum atomic E-state index is 12.1. The van der Waals surface area contributed by atoms with Crippen LogP contribution in [0.15, 0.2) is 24.3 Å². The smallest absolute Gasteiger partial charge is 0.328 e. The fourth-order valence-electron chi connectivity index (χ4n) is 3.19. The van der Waals surface area contributed by atoms with Gasteiger partial charge in [0.25, 0.3) is 11.8 Å². The van der Waals surface area contributed by atoms with E-state index < -0.39 is 17.8 Å². The molecule has 0 bridgehead atoms. The number of nitrogens with zero attached hydrogens (tertiary/aromatic N) is 2. The molecule has 1 atom stereocenters. The number of rotatable bonds is 4. The predicted molar refractivity (Wildman–Crippen MR) is 82.5 cm³/mol. The van der Waals surface area contributed by atoms with Crippen molar-refractivity contribution in [1.82, 2.24) is 9.96 Å². The van der Waals surface area contributed by atoms with E-state index in [1.807, 2.05) is 4.90 Å². The van der Waals surface area contributed by atoms with Gasteiger partial charge in [-0.05, 0) is 37.4 Å². The molecule has 23 heavy (non-hydrogen) atoms. The molecule has 1 unspecified atom stereocenters.